The number of halogens is 6. The second kappa shape index (κ2) is 12.2. The minimum atomic E-state index is -5.31. The summed E-state index contributed by atoms with van der Waals surface area (Å²) in [6.45, 7) is 1.87. The highest BCUT2D eigenvalue weighted by Crippen LogP contribution is 2.48. The Morgan fingerprint density at radius 3 is 2.28 bits per heavy atom. The van der Waals surface area contributed by atoms with E-state index in [9.17, 15) is 31.1 Å². The van der Waals surface area contributed by atoms with Crippen LogP contribution in [0.1, 0.15) is 42.4 Å². The molecule has 39 heavy (non-hydrogen) atoms. The maximum absolute atomic E-state index is 14.2. The molecule has 0 unspecified atom stereocenters. The molecule has 2 aromatic carbocycles. The van der Waals surface area contributed by atoms with Gasteiger partial charge in [-0.3, -0.25) is 4.79 Å². The van der Waals surface area contributed by atoms with Gasteiger partial charge in [-0.15, -0.1) is 0 Å². The molecule has 0 aliphatic carbocycles. The van der Waals surface area contributed by atoms with Gasteiger partial charge in [-0.1, -0.05) is 23.9 Å². The molecule has 2 aliphatic rings. The zero-order valence-corrected chi connectivity index (χ0v) is 21.8. The van der Waals surface area contributed by atoms with E-state index in [1.165, 1.54) is 4.90 Å². The van der Waals surface area contributed by atoms with Gasteiger partial charge in [0.2, 0.25) is 5.91 Å². The molecule has 0 spiro atoms. The molecule has 212 valence electrons. The number of carbonyl (C=O) groups is 1. The summed E-state index contributed by atoms with van der Waals surface area (Å²) in [4.78, 5) is 13.7. The van der Waals surface area contributed by atoms with Crippen molar-refractivity contribution in [3.8, 4) is 0 Å². The number of likely N-dealkylation sites (tertiary alicyclic amines) is 1. The van der Waals surface area contributed by atoms with Crippen LogP contribution in [0.2, 0.25) is 0 Å². The van der Waals surface area contributed by atoms with E-state index in [-0.39, 0.29) is 12.1 Å². The number of benzene rings is 2. The van der Waals surface area contributed by atoms with Crippen LogP contribution in [0, 0.1) is 0 Å². The summed E-state index contributed by atoms with van der Waals surface area (Å²) in [6, 6.07) is 8.62. The number of nitrogens with one attached hydrogen (secondary N) is 1. The lowest BCUT2D eigenvalue weighted by molar-refractivity contribution is -0.163. The summed E-state index contributed by atoms with van der Waals surface area (Å²) in [5.41, 5.74) is 2.15. The monoisotopic (exact) mass is 573 g/mol. The first-order valence-electron chi connectivity index (χ1n) is 12.6. The Morgan fingerprint density at radius 1 is 0.974 bits per heavy atom. The molecule has 2 aromatic rings. The highest BCUT2D eigenvalue weighted by Gasteiger charge is 2.46. The Bertz CT molecular complexity index is 1190. The predicted molar refractivity (Wildman–Crippen MR) is 137 cm³/mol. The molecule has 0 radical (unpaired) electrons. The normalized spacial score (nSPS) is 18.1. The molecular weight excluding hydrogens is 544 g/mol. The Kier molecular flexibility index (Phi) is 9.18. The number of anilines is 1. The molecule has 5 nitrogen and oxygen atoms in total. The maximum Gasteiger partial charge on any atom is 0.418 e. The zero-order chi connectivity index (χ0) is 28.2. The van der Waals surface area contributed by atoms with Gasteiger partial charge in [0.05, 0.1) is 11.1 Å². The molecule has 0 saturated carbocycles. The quantitative estimate of drug-likeness (QED) is 0.308. The molecular formula is C27H29F6N3O2S. The van der Waals surface area contributed by atoms with Crippen molar-refractivity contribution < 1.29 is 35.9 Å². The second-order valence-corrected chi connectivity index (χ2v) is 10.7. The van der Waals surface area contributed by atoms with Crippen molar-refractivity contribution >= 4 is 29.4 Å². The van der Waals surface area contributed by atoms with E-state index in [0.717, 1.165) is 37.1 Å². The molecule has 3 N–H and O–H groups in total. The van der Waals surface area contributed by atoms with Crippen LogP contribution in [0.5, 0.6) is 0 Å². The summed E-state index contributed by atoms with van der Waals surface area (Å²) in [5, 5.41) is 3.31. The van der Waals surface area contributed by atoms with Crippen molar-refractivity contribution in [2.75, 3.05) is 31.6 Å². The number of ether oxygens (including phenoxy) is 1. The second-order valence-electron chi connectivity index (χ2n) is 9.56. The molecule has 2 aliphatic heterocycles. The number of nitrogens with two attached hydrogens (primary N) is 1. The van der Waals surface area contributed by atoms with Gasteiger partial charge in [-0.05, 0) is 61.6 Å². The standard InChI is InChI=1S/C27H29F6N3O2S/c28-26(29,30)24-17(5-7-23(37)36-12-8-18(34)9-13-36)4-6-22(25(24)27(31,32)33)39-21-3-1-2-20(16-21)35-19-10-14-38-15-11-19/h1-7,16,18-19,35H,8-15,34H2/b7-5+. The van der Waals surface area contributed by atoms with Gasteiger partial charge in [-0.2, -0.15) is 26.3 Å². The summed E-state index contributed by atoms with van der Waals surface area (Å²) < 4.78 is 90.3. The fourth-order valence-electron chi connectivity index (χ4n) is 4.65. The van der Waals surface area contributed by atoms with E-state index < -0.39 is 39.8 Å². The molecule has 0 aromatic heterocycles. The largest absolute Gasteiger partial charge is 0.418 e. The third-order valence-corrected chi connectivity index (χ3v) is 7.73. The lowest BCUT2D eigenvalue weighted by Gasteiger charge is -2.29. The van der Waals surface area contributed by atoms with Gasteiger partial charge in [0.1, 0.15) is 0 Å². The number of hydrogen-bond acceptors (Lipinski definition) is 5. The first kappa shape index (κ1) is 29.3. The van der Waals surface area contributed by atoms with Gasteiger partial charge < -0.3 is 20.7 Å². The SMILES string of the molecule is NC1CCN(C(=O)/C=C/c2ccc(Sc3cccc(NC4CCOCC4)c3)c(C(F)(F)F)c2C(F)(F)F)CC1. The molecule has 2 saturated heterocycles. The van der Waals surface area contributed by atoms with Gasteiger partial charge in [0.25, 0.3) is 0 Å². The van der Waals surface area contributed by atoms with Crippen LogP contribution < -0.4 is 11.1 Å². The molecule has 1 amide bonds. The van der Waals surface area contributed by atoms with Gasteiger partial charge in [0.15, 0.2) is 0 Å². The van der Waals surface area contributed by atoms with Gasteiger partial charge in [-0.25, -0.2) is 0 Å². The summed E-state index contributed by atoms with van der Waals surface area (Å²) in [5.74, 6) is -0.573. The molecule has 0 atom stereocenters. The van der Waals surface area contributed by atoms with Crippen LogP contribution in [0.3, 0.4) is 0 Å². The van der Waals surface area contributed by atoms with Crippen LogP contribution in [-0.2, 0) is 21.9 Å². The Morgan fingerprint density at radius 2 is 1.64 bits per heavy atom. The molecule has 12 heteroatoms. The fourth-order valence-corrected chi connectivity index (χ4v) is 5.69. The Labute approximate surface area is 226 Å². The minimum absolute atomic E-state index is 0.0624. The molecule has 4 rings (SSSR count). The van der Waals surface area contributed by atoms with E-state index >= 15 is 0 Å². The lowest BCUT2D eigenvalue weighted by atomic mass is 9.99. The van der Waals surface area contributed by atoms with Crippen molar-refractivity contribution in [3.05, 3.63) is 59.2 Å². The van der Waals surface area contributed by atoms with Crippen molar-refractivity contribution in [2.24, 2.45) is 5.73 Å². The van der Waals surface area contributed by atoms with Crippen LogP contribution in [0.4, 0.5) is 32.0 Å². The number of amides is 1. The number of piperidine rings is 1. The zero-order valence-electron chi connectivity index (χ0n) is 20.9. The first-order chi connectivity index (χ1) is 18.4. The molecule has 0 bridgehead atoms. The lowest BCUT2D eigenvalue weighted by Crippen LogP contribution is -2.42. The maximum atomic E-state index is 14.2. The average molecular weight is 574 g/mol. The Hall–Kier alpha value is -2.70. The van der Waals surface area contributed by atoms with E-state index in [2.05, 4.69) is 5.32 Å². The van der Waals surface area contributed by atoms with Crippen molar-refractivity contribution in [2.45, 2.75) is 59.9 Å². The summed E-state index contributed by atoms with van der Waals surface area (Å²) in [7, 11) is 0. The highest BCUT2D eigenvalue weighted by atomic mass is 32.2. The van der Waals surface area contributed by atoms with Crippen LogP contribution in [0.25, 0.3) is 6.08 Å². The van der Waals surface area contributed by atoms with Crippen LogP contribution in [-0.4, -0.2) is 49.2 Å². The third-order valence-electron chi connectivity index (χ3n) is 6.68. The summed E-state index contributed by atoms with van der Waals surface area (Å²) in [6.07, 6.45) is -6.27. The first-order valence-corrected chi connectivity index (χ1v) is 13.4. The molecule has 2 fully saturated rings. The topological polar surface area (TPSA) is 67.6 Å². The number of rotatable bonds is 6. The van der Waals surface area contributed by atoms with Crippen LogP contribution >= 0.6 is 11.8 Å². The predicted octanol–water partition coefficient (Wildman–Crippen LogP) is 6.43. The smallest absolute Gasteiger partial charge is 0.382 e. The van der Waals surface area contributed by atoms with Gasteiger partial charge in [0, 0.05) is 59.9 Å². The number of alkyl halides is 6. The van der Waals surface area contributed by atoms with Crippen molar-refractivity contribution in [1.29, 1.82) is 0 Å². The highest BCUT2D eigenvalue weighted by molar-refractivity contribution is 7.99. The van der Waals surface area contributed by atoms with E-state index in [0.29, 0.717) is 61.5 Å². The van der Waals surface area contributed by atoms with Crippen molar-refractivity contribution in [1.82, 2.24) is 4.90 Å². The number of carbonyl (C=O) groups excluding carboxylic acids is 1. The van der Waals surface area contributed by atoms with E-state index in [4.69, 9.17) is 10.5 Å². The fraction of sp³-hybridized carbons (Fsp3) is 0.444. The Balaban J connectivity index is 1.64. The van der Waals surface area contributed by atoms with Crippen molar-refractivity contribution in [3.63, 3.8) is 0 Å². The van der Waals surface area contributed by atoms with Crippen LogP contribution in [0.15, 0.2) is 52.3 Å². The van der Waals surface area contributed by atoms with E-state index in [1.54, 1.807) is 24.3 Å². The average Bonchev–Trinajstić information content (AvgIpc) is 2.87. The third kappa shape index (κ3) is 7.70. The van der Waals surface area contributed by atoms with E-state index in [1.807, 2.05) is 0 Å². The number of nitrogens with zero attached hydrogens (tertiary/aromatic N) is 1. The number of hydrogen-bond donors (Lipinski definition) is 2. The minimum Gasteiger partial charge on any atom is -0.382 e. The van der Waals surface area contributed by atoms with Gasteiger partial charge >= 0.3 is 12.4 Å². The molecule has 2 heterocycles. The summed E-state index contributed by atoms with van der Waals surface area (Å²) >= 11 is 0.608.